The van der Waals surface area contributed by atoms with Crippen LogP contribution in [-0.2, 0) is 0 Å². The number of carbonyl (C=O) groups excluding carboxylic acids is 3. The molecule has 0 unspecified atom stereocenters. The molecule has 8 nitrogen and oxygen atoms in total. The van der Waals surface area contributed by atoms with Gasteiger partial charge in [0, 0.05) is 49.0 Å². The van der Waals surface area contributed by atoms with Crippen LogP contribution in [0.5, 0.6) is 0 Å². The molecule has 0 radical (unpaired) electrons. The molecule has 0 bridgehead atoms. The van der Waals surface area contributed by atoms with E-state index in [0.717, 1.165) is 11.5 Å². The Hall–Kier alpha value is -3.29. The van der Waals surface area contributed by atoms with Gasteiger partial charge in [0.05, 0.1) is 11.1 Å². The number of fused-ring (bicyclic) bond motifs is 1. The molecular formula is C22H25N5O3. The largest absolute Gasteiger partial charge is 0.353 e. The first kappa shape index (κ1) is 20.0. The van der Waals surface area contributed by atoms with Crippen molar-refractivity contribution >= 4 is 23.5 Å². The minimum absolute atomic E-state index is 0.134. The van der Waals surface area contributed by atoms with Crippen LogP contribution in [0.15, 0.2) is 30.6 Å². The number of benzene rings is 1. The van der Waals surface area contributed by atoms with Gasteiger partial charge in [-0.2, -0.15) is 0 Å². The molecule has 2 aliphatic rings. The molecule has 0 atom stereocenters. The molecule has 4 rings (SSSR count). The number of anilines is 1. The number of nitrogens with zero attached hydrogens (tertiary/aromatic N) is 5. The summed E-state index contributed by atoms with van der Waals surface area (Å²) in [6.45, 7) is 9.83. The third-order valence-corrected chi connectivity index (χ3v) is 5.48. The molecule has 1 aromatic heterocycles. The van der Waals surface area contributed by atoms with Gasteiger partial charge in [-0.25, -0.2) is 9.97 Å². The fourth-order valence-electron chi connectivity index (χ4n) is 3.92. The van der Waals surface area contributed by atoms with Crippen molar-refractivity contribution in [1.82, 2.24) is 19.8 Å². The summed E-state index contributed by atoms with van der Waals surface area (Å²) < 4.78 is 0. The number of hydrogen-bond donors (Lipinski definition) is 0. The Labute approximate surface area is 175 Å². The van der Waals surface area contributed by atoms with Gasteiger partial charge in [0.2, 0.25) is 0 Å². The number of hydrogen-bond acceptors (Lipinski definition) is 6. The quantitative estimate of drug-likeness (QED) is 0.709. The molecule has 2 aromatic rings. The molecular weight excluding hydrogens is 382 g/mol. The number of piperazine rings is 1. The first-order valence-corrected chi connectivity index (χ1v) is 10.0. The van der Waals surface area contributed by atoms with E-state index in [1.807, 2.05) is 33.8 Å². The third kappa shape index (κ3) is 3.42. The summed E-state index contributed by atoms with van der Waals surface area (Å²) in [5.74, 6) is 0.0700. The first-order chi connectivity index (χ1) is 14.2. The zero-order chi connectivity index (χ0) is 21.6. The van der Waals surface area contributed by atoms with Crippen molar-refractivity contribution in [2.24, 2.45) is 0 Å². The van der Waals surface area contributed by atoms with Gasteiger partial charge in [0.15, 0.2) is 0 Å². The van der Waals surface area contributed by atoms with E-state index in [2.05, 4.69) is 14.9 Å². The second-order valence-electron chi connectivity index (χ2n) is 8.67. The monoisotopic (exact) mass is 407 g/mol. The lowest BCUT2D eigenvalue weighted by atomic mass is 10.0. The molecule has 1 aromatic carbocycles. The smallest absolute Gasteiger partial charge is 0.262 e. The van der Waals surface area contributed by atoms with Crippen LogP contribution in [-0.4, -0.2) is 69.2 Å². The summed E-state index contributed by atoms with van der Waals surface area (Å²) in [4.78, 5) is 52.0. The van der Waals surface area contributed by atoms with Gasteiger partial charge in [-0.15, -0.1) is 0 Å². The Morgan fingerprint density at radius 2 is 1.60 bits per heavy atom. The van der Waals surface area contributed by atoms with Crippen molar-refractivity contribution < 1.29 is 14.4 Å². The Morgan fingerprint density at radius 1 is 0.933 bits per heavy atom. The van der Waals surface area contributed by atoms with Crippen LogP contribution in [0.1, 0.15) is 57.5 Å². The molecule has 156 valence electrons. The van der Waals surface area contributed by atoms with Gasteiger partial charge in [-0.3, -0.25) is 19.3 Å². The maximum absolute atomic E-state index is 13.0. The second kappa shape index (κ2) is 7.19. The van der Waals surface area contributed by atoms with E-state index in [4.69, 9.17) is 0 Å². The Kier molecular flexibility index (Phi) is 4.80. The van der Waals surface area contributed by atoms with E-state index in [1.165, 1.54) is 4.90 Å². The van der Waals surface area contributed by atoms with E-state index in [-0.39, 0.29) is 17.7 Å². The van der Waals surface area contributed by atoms with Gasteiger partial charge in [0.1, 0.15) is 12.1 Å². The molecule has 0 saturated carbocycles. The molecule has 30 heavy (non-hydrogen) atoms. The number of aryl methyl sites for hydroxylation is 1. The maximum atomic E-state index is 13.0. The molecule has 0 aliphatic carbocycles. The van der Waals surface area contributed by atoms with E-state index >= 15 is 0 Å². The van der Waals surface area contributed by atoms with Crippen molar-refractivity contribution in [1.29, 1.82) is 0 Å². The SMILES string of the molecule is Cc1cc(N2CCN(C(=O)c3ccc4c(c3)C(=O)N(C(C)(C)C)C4=O)CC2)ncn1. The Balaban J connectivity index is 1.49. The highest BCUT2D eigenvalue weighted by molar-refractivity contribution is 6.22. The number of aromatic nitrogens is 2. The zero-order valence-electron chi connectivity index (χ0n) is 17.7. The van der Waals surface area contributed by atoms with Gasteiger partial charge in [-0.1, -0.05) is 0 Å². The van der Waals surface area contributed by atoms with Crippen molar-refractivity contribution in [3.8, 4) is 0 Å². The van der Waals surface area contributed by atoms with Crippen LogP contribution >= 0.6 is 0 Å². The number of rotatable bonds is 2. The van der Waals surface area contributed by atoms with Crippen LogP contribution in [0.4, 0.5) is 5.82 Å². The lowest BCUT2D eigenvalue weighted by molar-refractivity contribution is 0.0507. The molecule has 1 fully saturated rings. The molecule has 2 aliphatic heterocycles. The standard InChI is InChI=1S/C22H25N5O3/c1-14-11-18(24-13-23-14)25-7-9-26(10-8-25)19(28)15-5-6-16-17(12-15)21(30)27(20(16)29)22(2,3)4/h5-6,11-13H,7-10H2,1-4H3. The van der Waals surface area contributed by atoms with Crippen molar-refractivity contribution in [2.75, 3.05) is 31.1 Å². The van der Waals surface area contributed by atoms with Crippen LogP contribution in [0, 0.1) is 6.92 Å². The molecule has 0 N–H and O–H groups in total. The fraction of sp³-hybridized carbons (Fsp3) is 0.409. The summed E-state index contributed by atoms with van der Waals surface area (Å²) >= 11 is 0. The lowest BCUT2D eigenvalue weighted by Gasteiger charge is -2.35. The molecule has 1 saturated heterocycles. The highest BCUT2D eigenvalue weighted by Gasteiger charge is 2.42. The summed E-state index contributed by atoms with van der Waals surface area (Å²) in [6, 6.07) is 6.72. The van der Waals surface area contributed by atoms with Gasteiger partial charge in [-0.05, 0) is 45.9 Å². The number of amides is 3. The summed E-state index contributed by atoms with van der Waals surface area (Å²) in [5.41, 5.74) is 1.37. The summed E-state index contributed by atoms with van der Waals surface area (Å²) in [7, 11) is 0. The van der Waals surface area contributed by atoms with Crippen molar-refractivity contribution in [3.05, 3.63) is 53.0 Å². The molecule has 0 spiro atoms. The van der Waals surface area contributed by atoms with E-state index in [0.29, 0.717) is 42.9 Å². The van der Waals surface area contributed by atoms with E-state index < -0.39 is 5.54 Å². The van der Waals surface area contributed by atoms with Crippen LogP contribution < -0.4 is 4.90 Å². The Morgan fingerprint density at radius 3 is 2.23 bits per heavy atom. The van der Waals surface area contributed by atoms with E-state index in [1.54, 1.807) is 29.4 Å². The van der Waals surface area contributed by atoms with Gasteiger partial charge >= 0.3 is 0 Å². The summed E-state index contributed by atoms with van der Waals surface area (Å²) in [5, 5.41) is 0. The van der Waals surface area contributed by atoms with E-state index in [9.17, 15) is 14.4 Å². The number of carbonyl (C=O) groups is 3. The average molecular weight is 407 g/mol. The van der Waals surface area contributed by atoms with Gasteiger partial charge < -0.3 is 9.80 Å². The molecule has 8 heteroatoms. The predicted molar refractivity (Wildman–Crippen MR) is 112 cm³/mol. The third-order valence-electron chi connectivity index (χ3n) is 5.48. The summed E-state index contributed by atoms with van der Waals surface area (Å²) in [6.07, 6.45) is 1.55. The Bertz CT molecular complexity index is 1040. The predicted octanol–water partition coefficient (Wildman–Crippen LogP) is 2.14. The zero-order valence-corrected chi connectivity index (χ0v) is 17.7. The highest BCUT2D eigenvalue weighted by atomic mass is 16.2. The normalized spacial score (nSPS) is 16.9. The van der Waals surface area contributed by atoms with Crippen molar-refractivity contribution in [2.45, 2.75) is 33.2 Å². The molecule has 3 amide bonds. The minimum atomic E-state index is -0.618. The first-order valence-electron chi connectivity index (χ1n) is 10.0. The van der Waals surface area contributed by atoms with Crippen LogP contribution in [0.25, 0.3) is 0 Å². The highest BCUT2D eigenvalue weighted by Crippen LogP contribution is 2.30. The average Bonchev–Trinajstić information content (AvgIpc) is 2.97. The molecule has 3 heterocycles. The van der Waals surface area contributed by atoms with Gasteiger partial charge in [0.25, 0.3) is 17.7 Å². The van der Waals surface area contributed by atoms with Crippen molar-refractivity contribution in [3.63, 3.8) is 0 Å². The minimum Gasteiger partial charge on any atom is -0.353 e. The second-order valence-corrected chi connectivity index (χ2v) is 8.67. The topological polar surface area (TPSA) is 86.7 Å². The van der Waals surface area contributed by atoms with Crippen LogP contribution in [0.3, 0.4) is 0 Å². The lowest BCUT2D eigenvalue weighted by Crippen LogP contribution is -2.49. The maximum Gasteiger partial charge on any atom is 0.262 e. The van der Waals surface area contributed by atoms with Crippen LogP contribution in [0.2, 0.25) is 0 Å². The fourth-order valence-corrected chi connectivity index (χ4v) is 3.92. The number of imide groups is 1.